The van der Waals surface area contributed by atoms with Crippen molar-refractivity contribution in [1.82, 2.24) is 9.55 Å². The average molecular weight is 476 g/mol. The number of para-hydroxylation sites is 1. The third kappa shape index (κ3) is 4.01. The zero-order valence-electron chi connectivity index (χ0n) is 20.6. The fourth-order valence-electron chi connectivity index (χ4n) is 4.93. The van der Waals surface area contributed by atoms with Crippen molar-refractivity contribution in [1.29, 1.82) is 0 Å². The van der Waals surface area contributed by atoms with Gasteiger partial charge in [-0.05, 0) is 62.4 Å². The van der Waals surface area contributed by atoms with E-state index < -0.39 is 0 Å². The van der Waals surface area contributed by atoms with Gasteiger partial charge in [-0.3, -0.25) is 9.36 Å². The van der Waals surface area contributed by atoms with E-state index in [0.717, 1.165) is 51.5 Å². The highest BCUT2D eigenvalue weighted by Gasteiger charge is 2.17. The van der Waals surface area contributed by atoms with Gasteiger partial charge in [-0.1, -0.05) is 60.2 Å². The van der Waals surface area contributed by atoms with Crippen LogP contribution in [0.2, 0.25) is 0 Å². The molecule has 5 nitrogen and oxygen atoms in total. The summed E-state index contributed by atoms with van der Waals surface area (Å²) in [5.74, 6) is 0.707. The number of hydrogen-bond acceptors (Lipinski definition) is 4. The number of furan rings is 1. The van der Waals surface area contributed by atoms with E-state index in [-0.39, 0.29) is 11.6 Å². The van der Waals surface area contributed by atoms with Crippen molar-refractivity contribution in [2.75, 3.05) is 5.32 Å². The number of fused-ring (bicyclic) bond motifs is 3. The van der Waals surface area contributed by atoms with Crippen LogP contribution >= 0.6 is 0 Å². The first kappa shape index (κ1) is 22.4. The first-order chi connectivity index (χ1) is 17.6. The van der Waals surface area contributed by atoms with Crippen LogP contribution < -0.4 is 10.9 Å². The third-order valence-electron chi connectivity index (χ3n) is 7.26. The van der Waals surface area contributed by atoms with Crippen molar-refractivity contribution in [3.05, 3.63) is 106 Å². The molecule has 0 radical (unpaired) electrons. The van der Waals surface area contributed by atoms with Crippen molar-refractivity contribution in [2.45, 2.75) is 45.7 Å². The van der Waals surface area contributed by atoms with Crippen molar-refractivity contribution in [3.8, 4) is 11.4 Å². The van der Waals surface area contributed by atoms with Crippen molar-refractivity contribution in [2.24, 2.45) is 0 Å². The fourth-order valence-corrected chi connectivity index (χ4v) is 4.93. The second-order valence-electron chi connectivity index (χ2n) is 9.66. The Labute approximate surface area is 210 Å². The van der Waals surface area contributed by atoms with E-state index in [4.69, 9.17) is 9.40 Å². The van der Waals surface area contributed by atoms with E-state index in [0.29, 0.717) is 18.1 Å². The van der Waals surface area contributed by atoms with Gasteiger partial charge in [-0.2, -0.15) is 0 Å². The number of rotatable bonds is 6. The molecule has 1 unspecified atom stereocenters. The van der Waals surface area contributed by atoms with Gasteiger partial charge in [-0.15, -0.1) is 0 Å². The second-order valence-corrected chi connectivity index (χ2v) is 9.66. The molecule has 6 rings (SSSR count). The third-order valence-corrected chi connectivity index (χ3v) is 7.26. The Morgan fingerprint density at radius 3 is 2.61 bits per heavy atom. The van der Waals surface area contributed by atoms with Gasteiger partial charge in [0.05, 0.1) is 6.20 Å². The van der Waals surface area contributed by atoms with E-state index in [1.165, 1.54) is 12.0 Å². The molecule has 3 aromatic carbocycles. The maximum absolute atomic E-state index is 13.7. The molecule has 5 aromatic rings. The molecule has 2 heterocycles. The molecular weight excluding hydrogens is 446 g/mol. The van der Waals surface area contributed by atoms with Gasteiger partial charge in [0.2, 0.25) is 0 Å². The molecule has 0 spiro atoms. The lowest BCUT2D eigenvalue weighted by atomic mass is 9.92. The molecule has 0 bridgehead atoms. The molecule has 2 aromatic heterocycles. The van der Waals surface area contributed by atoms with Crippen molar-refractivity contribution >= 4 is 27.6 Å². The van der Waals surface area contributed by atoms with Gasteiger partial charge in [-0.25, -0.2) is 4.98 Å². The summed E-state index contributed by atoms with van der Waals surface area (Å²) in [6.45, 7) is 4.65. The first-order valence-electron chi connectivity index (χ1n) is 12.6. The lowest BCUT2D eigenvalue weighted by Crippen LogP contribution is -2.27. The summed E-state index contributed by atoms with van der Waals surface area (Å²) in [6, 6.07) is 22.3. The van der Waals surface area contributed by atoms with Crippen LogP contribution in [0.3, 0.4) is 0 Å². The van der Waals surface area contributed by atoms with Crippen LogP contribution in [0.15, 0.2) is 93.8 Å². The molecule has 0 aliphatic heterocycles. The molecule has 1 saturated carbocycles. The molecule has 0 saturated heterocycles. The molecule has 36 heavy (non-hydrogen) atoms. The number of aryl methyl sites for hydroxylation is 1. The zero-order chi connectivity index (χ0) is 24.6. The summed E-state index contributed by atoms with van der Waals surface area (Å²) in [5, 5.41) is 5.61. The lowest BCUT2D eigenvalue weighted by Gasteiger charge is -2.20. The van der Waals surface area contributed by atoms with Crippen molar-refractivity contribution < 1.29 is 4.42 Å². The molecule has 1 aliphatic rings. The van der Waals surface area contributed by atoms with Gasteiger partial charge in [0.1, 0.15) is 22.7 Å². The van der Waals surface area contributed by atoms with Gasteiger partial charge in [0, 0.05) is 28.9 Å². The summed E-state index contributed by atoms with van der Waals surface area (Å²) in [4.78, 5) is 18.5. The number of anilines is 1. The summed E-state index contributed by atoms with van der Waals surface area (Å²) in [6.07, 6.45) is 7.36. The predicted molar refractivity (Wildman–Crippen MR) is 146 cm³/mol. The molecule has 1 aliphatic carbocycles. The monoisotopic (exact) mass is 475 g/mol. The smallest absolute Gasteiger partial charge is 0.277 e. The Balaban J connectivity index is 1.36. The molecule has 0 amide bonds. The van der Waals surface area contributed by atoms with E-state index in [1.54, 1.807) is 10.8 Å². The standard InChI is InChI=1S/C31H29N3O2/c1-20-8-3-4-11-24(20)30-32-19-27(31(35)34(30)17-16-22-9-7-10-22)33-21(2)23-14-15-29-26(18-23)25-12-5-6-13-28(25)36-29/h3-6,8,11-16,18-19,21,33H,7,9-10,17H2,1-2H3. The van der Waals surface area contributed by atoms with Crippen LogP contribution in [-0.2, 0) is 6.54 Å². The van der Waals surface area contributed by atoms with Crippen LogP contribution in [0.4, 0.5) is 5.69 Å². The number of hydrogen-bond donors (Lipinski definition) is 1. The quantitative estimate of drug-likeness (QED) is 0.260. The Kier molecular flexibility index (Phi) is 5.68. The zero-order valence-corrected chi connectivity index (χ0v) is 20.6. The molecule has 1 N–H and O–H groups in total. The van der Waals surface area contributed by atoms with Gasteiger partial charge >= 0.3 is 0 Å². The number of allylic oxidation sites excluding steroid dienone is 2. The summed E-state index contributed by atoms with van der Waals surface area (Å²) in [5.41, 5.74) is 6.78. The summed E-state index contributed by atoms with van der Waals surface area (Å²) >= 11 is 0. The Bertz CT molecular complexity index is 1670. The largest absolute Gasteiger partial charge is 0.456 e. The van der Waals surface area contributed by atoms with Gasteiger partial charge in [0.25, 0.3) is 5.56 Å². The molecule has 180 valence electrons. The highest BCUT2D eigenvalue weighted by Crippen LogP contribution is 2.31. The van der Waals surface area contributed by atoms with E-state index >= 15 is 0 Å². The van der Waals surface area contributed by atoms with Crippen LogP contribution in [0.5, 0.6) is 0 Å². The summed E-state index contributed by atoms with van der Waals surface area (Å²) < 4.78 is 7.78. The van der Waals surface area contributed by atoms with Gasteiger partial charge < -0.3 is 9.73 Å². The van der Waals surface area contributed by atoms with Gasteiger partial charge in [0.15, 0.2) is 0 Å². The maximum Gasteiger partial charge on any atom is 0.277 e. The average Bonchev–Trinajstić information content (AvgIpc) is 3.23. The minimum atomic E-state index is -0.0830. The Morgan fingerprint density at radius 2 is 1.81 bits per heavy atom. The van der Waals surface area contributed by atoms with Crippen LogP contribution in [0.25, 0.3) is 33.3 Å². The topological polar surface area (TPSA) is 60.1 Å². The van der Waals surface area contributed by atoms with Crippen LogP contribution in [0, 0.1) is 6.92 Å². The van der Waals surface area contributed by atoms with Crippen LogP contribution in [0.1, 0.15) is 43.4 Å². The fraction of sp³-hybridized carbons (Fsp3) is 0.226. The minimum absolute atomic E-state index is 0.0545. The number of aromatic nitrogens is 2. The predicted octanol–water partition coefficient (Wildman–Crippen LogP) is 7.40. The normalized spacial score (nSPS) is 14.1. The second kappa shape index (κ2) is 9.15. The van der Waals surface area contributed by atoms with Crippen molar-refractivity contribution in [3.63, 3.8) is 0 Å². The number of nitrogens with one attached hydrogen (secondary N) is 1. The number of nitrogens with zero attached hydrogens (tertiary/aromatic N) is 2. The highest BCUT2D eigenvalue weighted by atomic mass is 16.3. The highest BCUT2D eigenvalue weighted by molar-refractivity contribution is 6.05. The molecular formula is C31H29N3O2. The number of benzene rings is 3. The Hall–Kier alpha value is -4.12. The Morgan fingerprint density at radius 1 is 1.03 bits per heavy atom. The summed E-state index contributed by atoms with van der Waals surface area (Å²) in [7, 11) is 0. The molecule has 1 fully saturated rings. The first-order valence-corrected chi connectivity index (χ1v) is 12.6. The molecule has 5 heteroatoms. The van der Waals surface area contributed by atoms with E-state index in [9.17, 15) is 4.79 Å². The molecule has 1 atom stereocenters. The van der Waals surface area contributed by atoms with E-state index in [1.807, 2.05) is 42.5 Å². The lowest BCUT2D eigenvalue weighted by molar-refractivity contribution is 0.645. The maximum atomic E-state index is 13.7. The van der Waals surface area contributed by atoms with E-state index in [2.05, 4.69) is 49.5 Å². The van der Waals surface area contributed by atoms with Crippen LogP contribution in [-0.4, -0.2) is 9.55 Å². The SMILES string of the molecule is Cc1ccccc1-c1ncc(NC(C)c2ccc3oc4ccccc4c3c2)c(=O)n1CC=C1CCC1. The minimum Gasteiger partial charge on any atom is -0.456 e.